The maximum absolute atomic E-state index is 12.1. The summed E-state index contributed by atoms with van der Waals surface area (Å²) in [4.78, 5) is 22.1. The van der Waals surface area contributed by atoms with Gasteiger partial charge in [-0.1, -0.05) is 23.7 Å². The number of benzene rings is 1. The summed E-state index contributed by atoms with van der Waals surface area (Å²) >= 11 is 6.02. The Hall–Kier alpha value is -2.38. The third-order valence-corrected chi connectivity index (χ3v) is 4.72. The van der Waals surface area contributed by atoms with Gasteiger partial charge in [0.05, 0.1) is 28.2 Å². The van der Waals surface area contributed by atoms with Crippen LogP contribution >= 0.6 is 11.6 Å². The van der Waals surface area contributed by atoms with Crippen LogP contribution in [0.25, 0.3) is 0 Å². The first kappa shape index (κ1) is 20.9. The van der Waals surface area contributed by atoms with Crippen LogP contribution in [0, 0.1) is 13.8 Å². The molecule has 1 saturated heterocycles. The summed E-state index contributed by atoms with van der Waals surface area (Å²) in [5, 5.41) is 15.9. The molecule has 8 heteroatoms. The Labute approximate surface area is 164 Å². The number of anilines is 1. The first-order valence-electron chi connectivity index (χ1n) is 8.99. The van der Waals surface area contributed by atoms with Crippen molar-refractivity contribution < 1.29 is 9.59 Å². The standard InChI is InChI=1S/C12H12ClN3O.C7H14N2O/c1-7-4-3-5-9(13)11(7)12(17)15-10-6-14-16-8(10)2;10-6-9-7-2-1-4-8-5-3-7/h3-6H,1-2H3,(H,14,16)(H,15,17);6-8H,1-5H2,(H,9,10). The Balaban J connectivity index is 0.000000223. The van der Waals surface area contributed by atoms with Crippen LogP contribution in [0.1, 0.15) is 40.9 Å². The normalized spacial score (nSPS) is 16.5. The third kappa shape index (κ3) is 6.37. The van der Waals surface area contributed by atoms with E-state index >= 15 is 0 Å². The van der Waals surface area contributed by atoms with Crippen LogP contribution in [-0.2, 0) is 4.79 Å². The van der Waals surface area contributed by atoms with E-state index in [2.05, 4.69) is 26.1 Å². The third-order valence-electron chi connectivity index (χ3n) is 4.41. The second-order valence-electron chi connectivity index (χ2n) is 6.46. The number of nitrogens with one attached hydrogen (secondary N) is 4. The topological polar surface area (TPSA) is 98.9 Å². The molecule has 2 amide bonds. The molecule has 2 heterocycles. The van der Waals surface area contributed by atoms with Crippen molar-refractivity contribution in [3.8, 4) is 0 Å². The molecule has 1 atom stereocenters. The van der Waals surface area contributed by atoms with Crippen LogP contribution < -0.4 is 16.0 Å². The highest BCUT2D eigenvalue weighted by molar-refractivity contribution is 6.34. The maximum Gasteiger partial charge on any atom is 0.257 e. The minimum atomic E-state index is -0.224. The average Bonchev–Trinajstić information content (AvgIpc) is 2.87. The van der Waals surface area contributed by atoms with Crippen molar-refractivity contribution in [2.75, 3.05) is 18.4 Å². The highest BCUT2D eigenvalue weighted by Gasteiger charge is 2.14. The lowest BCUT2D eigenvalue weighted by molar-refractivity contribution is -0.110. The lowest BCUT2D eigenvalue weighted by atomic mass is 10.1. The van der Waals surface area contributed by atoms with Gasteiger partial charge in [-0.2, -0.15) is 5.10 Å². The molecule has 0 radical (unpaired) electrons. The van der Waals surface area contributed by atoms with Crippen LogP contribution in [0.2, 0.25) is 5.02 Å². The van der Waals surface area contributed by atoms with E-state index in [9.17, 15) is 9.59 Å². The Morgan fingerprint density at radius 2 is 2.11 bits per heavy atom. The molecule has 2 aromatic rings. The van der Waals surface area contributed by atoms with E-state index in [0.717, 1.165) is 43.6 Å². The molecule has 1 unspecified atom stereocenters. The predicted molar refractivity (Wildman–Crippen MR) is 107 cm³/mol. The number of aryl methyl sites for hydroxylation is 2. The molecule has 3 rings (SSSR count). The summed E-state index contributed by atoms with van der Waals surface area (Å²) in [6.07, 6.45) is 5.73. The zero-order valence-corrected chi connectivity index (χ0v) is 16.4. The molecule has 1 aromatic heterocycles. The monoisotopic (exact) mass is 391 g/mol. The molecule has 1 aromatic carbocycles. The van der Waals surface area contributed by atoms with Gasteiger partial charge in [0, 0.05) is 6.04 Å². The lowest BCUT2D eigenvalue weighted by Crippen LogP contribution is -2.28. The van der Waals surface area contributed by atoms with Gasteiger partial charge in [0.1, 0.15) is 0 Å². The van der Waals surface area contributed by atoms with Crippen molar-refractivity contribution in [3.05, 3.63) is 46.2 Å². The van der Waals surface area contributed by atoms with Crippen LogP contribution in [0.5, 0.6) is 0 Å². The molecular weight excluding hydrogens is 366 g/mol. The number of nitrogens with zero attached hydrogens (tertiary/aromatic N) is 1. The fourth-order valence-corrected chi connectivity index (χ4v) is 3.17. The van der Waals surface area contributed by atoms with E-state index in [4.69, 9.17) is 11.6 Å². The molecule has 0 saturated carbocycles. The number of carbonyl (C=O) groups excluding carboxylic acids is 2. The fourth-order valence-electron chi connectivity index (χ4n) is 2.86. The first-order valence-corrected chi connectivity index (χ1v) is 9.37. The molecule has 27 heavy (non-hydrogen) atoms. The van der Waals surface area contributed by atoms with Gasteiger partial charge in [-0.25, -0.2) is 0 Å². The number of hydrogen-bond acceptors (Lipinski definition) is 4. The minimum absolute atomic E-state index is 0.224. The van der Waals surface area contributed by atoms with Crippen molar-refractivity contribution in [2.24, 2.45) is 0 Å². The summed E-state index contributed by atoms with van der Waals surface area (Å²) in [7, 11) is 0. The number of rotatable bonds is 4. The van der Waals surface area contributed by atoms with Gasteiger partial charge in [-0.3, -0.25) is 14.7 Å². The number of carbonyl (C=O) groups is 2. The van der Waals surface area contributed by atoms with Crippen LogP contribution in [0.3, 0.4) is 0 Å². The van der Waals surface area contributed by atoms with Gasteiger partial charge in [0.25, 0.3) is 5.91 Å². The molecule has 0 spiro atoms. The summed E-state index contributed by atoms with van der Waals surface area (Å²) in [6, 6.07) is 5.78. The van der Waals surface area contributed by atoms with Gasteiger partial charge in [-0.05, 0) is 57.8 Å². The molecular formula is C19H26ClN5O2. The molecule has 1 aliphatic heterocycles. The molecule has 0 aliphatic carbocycles. The lowest BCUT2D eigenvalue weighted by Gasteiger charge is -2.10. The quantitative estimate of drug-likeness (QED) is 0.602. The number of aromatic amines is 1. The van der Waals surface area contributed by atoms with Crippen molar-refractivity contribution in [2.45, 2.75) is 39.2 Å². The second-order valence-corrected chi connectivity index (χ2v) is 6.86. The van der Waals surface area contributed by atoms with Gasteiger partial charge in [0.2, 0.25) is 6.41 Å². The molecule has 4 N–H and O–H groups in total. The average molecular weight is 392 g/mol. The Morgan fingerprint density at radius 3 is 2.78 bits per heavy atom. The van der Waals surface area contributed by atoms with E-state index in [1.54, 1.807) is 12.3 Å². The number of halogens is 1. The van der Waals surface area contributed by atoms with Crippen LogP contribution in [0.15, 0.2) is 24.4 Å². The molecule has 146 valence electrons. The molecule has 1 aliphatic rings. The largest absolute Gasteiger partial charge is 0.356 e. The number of hydrogen-bond donors (Lipinski definition) is 4. The molecule has 7 nitrogen and oxygen atoms in total. The zero-order chi connectivity index (χ0) is 19.6. The van der Waals surface area contributed by atoms with Gasteiger partial charge >= 0.3 is 0 Å². The maximum atomic E-state index is 12.1. The summed E-state index contributed by atoms with van der Waals surface area (Å²) in [5.41, 5.74) is 2.81. The summed E-state index contributed by atoms with van der Waals surface area (Å²) < 4.78 is 0. The minimum Gasteiger partial charge on any atom is -0.356 e. The zero-order valence-electron chi connectivity index (χ0n) is 15.6. The Kier molecular flexibility index (Phi) is 8.29. The van der Waals surface area contributed by atoms with Crippen LogP contribution in [0.4, 0.5) is 5.69 Å². The number of H-pyrrole nitrogens is 1. The SMILES string of the molecule is Cc1cccc(Cl)c1C(=O)Nc1cn[nH]c1C.O=CNC1CCCNCC1. The first-order chi connectivity index (χ1) is 13.0. The van der Waals surface area contributed by atoms with Crippen molar-refractivity contribution in [1.29, 1.82) is 0 Å². The molecule has 1 fully saturated rings. The van der Waals surface area contributed by atoms with E-state index in [1.165, 1.54) is 6.42 Å². The van der Waals surface area contributed by atoms with E-state index < -0.39 is 0 Å². The van der Waals surface area contributed by atoms with E-state index in [0.29, 0.717) is 22.3 Å². The molecule has 0 bridgehead atoms. The van der Waals surface area contributed by atoms with E-state index in [-0.39, 0.29) is 5.91 Å². The predicted octanol–water partition coefficient (Wildman–Crippen LogP) is 2.81. The highest BCUT2D eigenvalue weighted by Crippen LogP contribution is 2.21. The van der Waals surface area contributed by atoms with Crippen LogP contribution in [-0.4, -0.2) is 41.6 Å². The van der Waals surface area contributed by atoms with Gasteiger partial charge in [-0.15, -0.1) is 0 Å². The van der Waals surface area contributed by atoms with Gasteiger partial charge < -0.3 is 16.0 Å². The number of amides is 2. The van der Waals surface area contributed by atoms with Crippen molar-refractivity contribution in [3.63, 3.8) is 0 Å². The second kappa shape index (κ2) is 10.7. The smallest absolute Gasteiger partial charge is 0.257 e. The fraction of sp³-hybridized carbons (Fsp3) is 0.421. The van der Waals surface area contributed by atoms with Crippen molar-refractivity contribution in [1.82, 2.24) is 20.8 Å². The summed E-state index contributed by atoms with van der Waals surface area (Å²) in [6.45, 7) is 5.81. The van der Waals surface area contributed by atoms with Crippen molar-refractivity contribution >= 4 is 29.6 Å². The Bertz CT molecular complexity index is 734. The number of aromatic nitrogens is 2. The summed E-state index contributed by atoms with van der Waals surface area (Å²) in [5.74, 6) is -0.224. The van der Waals surface area contributed by atoms with Gasteiger partial charge in [0.15, 0.2) is 0 Å². The van der Waals surface area contributed by atoms with E-state index in [1.807, 2.05) is 26.0 Å². The highest BCUT2D eigenvalue weighted by atomic mass is 35.5. The Morgan fingerprint density at radius 1 is 1.30 bits per heavy atom.